The van der Waals surface area contributed by atoms with Crippen LogP contribution in [0.1, 0.15) is 36.1 Å². The van der Waals surface area contributed by atoms with E-state index in [1.807, 2.05) is 11.3 Å². The Hall–Kier alpha value is -0.320. The lowest BCUT2D eigenvalue weighted by molar-refractivity contribution is 0.604. The zero-order valence-electron chi connectivity index (χ0n) is 12.2. The van der Waals surface area contributed by atoms with Crippen LogP contribution in [0.25, 0.3) is 0 Å². The number of hydrogen-bond acceptors (Lipinski definition) is 2. The molecule has 0 aliphatic rings. The van der Waals surface area contributed by atoms with E-state index in [2.05, 4.69) is 89.1 Å². The summed E-state index contributed by atoms with van der Waals surface area (Å²) in [5.41, 5.74) is 2.58. The van der Waals surface area contributed by atoms with Crippen LogP contribution in [0.5, 0.6) is 0 Å². The van der Waals surface area contributed by atoms with Gasteiger partial charge in [-0.15, -0.1) is 11.3 Å². The molecule has 0 saturated carbocycles. The van der Waals surface area contributed by atoms with Crippen LogP contribution >= 0.6 is 43.2 Å². The molecule has 1 nitrogen and oxygen atoms in total. The molecule has 0 spiro atoms. The first-order chi connectivity index (χ1) is 9.27. The van der Waals surface area contributed by atoms with Crippen LogP contribution in [0.4, 0.5) is 5.69 Å². The second-order valence-electron chi connectivity index (χ2n) is 5.97. The molecule has 1 aromatic carbocycles. The van der Waals surface area contributed by atoms with Crippen LogP contribution in [-0.2, 0) is 12.0 Å². The highest BCUT2D eigenvalue weighted by Crippen LogP contribution is 2.34. The molecule has 0 fully saturated rings. The lowest BCUT2D eigenvalue weighted by Gasteiger charge is -2.15. The SMILES string of the molecule is Cc1cc(Br)c(NCc2ccc(C(C)(C)C)s2)c(Br)c1. The number of benzene rings is 1. The second-order valence-corrected chi connectivity index (χ2v) is 8.85. The third kappa shape index (κ3) is 3.86. The number of anilines is 1. The summed E-state index contributed by atoms with van der Waals surface area (Å²) in [6, 6.07) is 8.71. The highest BCUT2D eigenvalue weighted by Gasteiger charge is 2.16. The third-order valence-electron chi connectivity index (χ3n) is 3.03. The predicted octanol–water partition coefficient (Wildman–Crippen LogP) is 6.49. The normalized spacial score (nSPS) is 11.7. The molecular formula is C16H19Br2NS. The van der Waals surface area contributed by atoms with Gasteiger partial charge in [0.1, 0.15) is 0 Å². The van der Waals surface area contributed by atoms with E-state index in [4.69, 9.17) is 0 Å². The summed E-state index contributed by atoms with van der Waals surface area (Å²) in [7, 11) is 0. The molecule has 1 N–H and O–H groups in total. The van der Waals surface area contributed by atoms with Crippen LogP contribution in [-0.4, -0.2) is 0 Å². The Kier molecular flexibility index (Phi) is 4.98. The van der Waals surface area contributed by atoms with Crippen molar-refractivity contribution in [2.24, 2.45) is 0 Å². The van der Waals surface area contributed by atoms with Crippen molar-refractivity contribution in [2.45, 2.75) is 39.7 Å². The zero-order valence-corrected chi connectivity index (χ0v) is 16.2. The largest absolute Gasteiger partial charge is 0.378 e. The van der Waals surface area contributed by atoms with Gasteiger partial charge in [0.05, 0.1) is 5.69 Å². The van der Waals surface area contributed by atoms with Gasteiger partial charge in [0, 0.05) is 25.2 Å². The minimum Gasteiger partial charge on any atom is -0.378 e. The minimum atomic E-state index is 0.230. The molecule has 0 aliphatic carbocycles. The first-order valence-corrected chi connectivity index (χ1v) is 8.96. The van der Waals surface area contributed by atoms with E-state index in [0.717, 1.165) is 21.2 Å². The van der Waals surface area contributed by atoms with Gasteiger partial charge in [0.25, 0.3) is 0 Å². The van der Waals surface area contributed by atoms with E-state index >= 15 is 0 Å². The number of hydrogen-bond donors (Lipinski definition) is 1. The van der Waals surface area contributed by atoms with Gasteiger partial charge >= 0.3 is 0 Å². The second kappa shape index (κ2) is 6.20. The van der Waals surface area contributed by atoms with Crippen LogP contribution in [0.2, 0.25) is 0 Å². The number of aryl methyl sites for hydroxylation is 1. The van der Waals surface area contributed by atoms with Gasteiger partial charge in [-0.1, -0.05) is 20.8 Å². The molecule has 2 rings (SSSR count). The number of rotatable bonds is 3. The third-order valence-corrected chi connectivity index (χ3v) is 5.79. The van der Waals surface area contributed by atoms with E-state index in [1.165, 1.54) is 15.3 Å². The lowest BCUT2D eigenvalue weighted by Crippen LogP contribution is -2.07. The van der Waals surface area contributed by atoms with Crippen LogP contribution in [0, 0.1) is 6.92 Å². The fourth-order valence-electron chi connectivity index (χ4n) is 1.92. The summed E-state index contributed by atoms with van der Waals surface area (Å²) >= 11 is 9.12. The molecular weight excluding hydrogens is 398 g/mol. The van der Waals surface area contributed by atoms with Crippen molar-refractivity contribution in [1.82, 2.24) is 0 Å². The van der Waals surface area contributed by atoms with Gasteiger partial charge in [-0.3, -0.25) is 0 Å². The number of nitrogens with one attached hydrogen (secondary N) is 1. The summed E-state index contributed by atoms with van der Waals surface area (Å²) in [5, 5.41) is 3.51. The van der Waals surface area contributed by atoms with Crippen LogP contribution in [0.3, 0.4) is 0 Å². The van der Waals surface area contributed by atoms with Gasteiger partial charge in [-0.25, -0.2) is 0 Å². The molecule has 20 heavy (non-hydrogen) atoms. The molecule has 0 amide bonds. The smallest absolute Gasteiger partial charge is 0.0632 e. The van der Waals surface area contributed by atoms with E-state index in [-0.39, 0.29) is 5.41 Å². The molecule has 108 valence electrons. The van der Waals surface area contributed by atoms with Crippen LogP contribution in [0.15, 0.2) is 33.2 Å². The van der Waals surface area contributed by atoms with E-state index in [0.29, 0.717) is 0 Å². The summed E-state index contributed by atoms with van der Waals surface area (Å²) in [6.07, 6.45) is 0. The molecule has 2 aromatic rings. The lowest BCUT2D eigenvalue weighted by atomic mass is 9.95. The minimum absolute atomic E-state index is 0.230. The van der Waals surface area contributed by atoms with Crippen molar-refractivity contribution >= 4 is 48.9 Å². The Bertz CT molecular complexity index is 588. The molecule has 0 unspecified atom stereocenters. The van der Waals surface area contributed by atoms with Crippen molar-refractivity contribution in [2.75, 3.05) is 5.32 Å². The highest BCUT2D eigenvalue weighted by atomic mass is 79.9. The summed E-state index contributed by atoms with van der Waals surface area (Å²) in [5.74, 6) is 0. The average Bonchev–Trinajstić information content (AvgIpc) is 2.75. The Morgan fingerprint density at radius 2 is 1.70 bits per heavy atom. The first-order valence-electron chi connectivity index (χ1n) is 6.56. The predicted molar refractivity (Wildman–Crippen MR) is 96.9 cm³/mol. The Balaban J connectivity index is 2.12. The van der Waals surface area contributed by atoms with Crippen molar-refractivity contribution in [3.05, 3.63) is 48.5 Å². The number of thiophene rings is 1. The summed E-state index contributed by atoms with van der Waals surface area (Å²) in [6.45, 7) is 9.70. The summed E-state index contributed by atoms with van der Waals surface area (Å²) < 4.78 is 2.19. The Morgan fingerprint density at radius 3 is 2.20 bits per heavy atom. The maximum Gasteiger partial charge on any atom is 0.0632 e. The quantitative estimate of drug-likeness (QED) is 0.602. The molecule has 1 heterocycles. The van der Waals surface area contributed by atoms with Crippen molar-refractivity contribution in [3.8, 4) is 0 Å². The van der Waals surface area contributed by atoms with Gasteiger partial charge < -0.3 is 5.32 Å². The van der Waals surface area contributed by atoms with Gasteiger partial charge in [-0.05, 0) is 74.0 Å². The maximum atomic E-state index is 3.62. The highest BCUT2D eigenvalue weighted by molar-refractivity contribution is 9.11. The van der Waals surface area contributed by atoms with Gasteiger partial charge in [0.15, 0.2) is 0 Å². The van der Waals surface area contributed by atoms with Gasteiger partial charge in [0.2, 0.25) is 0 Å². The fourth-order valence-corrected chi connectivity index (χ4v) is 4.62. The van der Waals surface area contributed by atoms with E-state index in [9.17, 15) is 0 Å². The molecule has 0 radical (unpaired) electrons. The number of halogens is 2. The fraction of sp³-hybridized carbons (Fsp3) is 0.375. The standard InChI is InChI=1S/C16H19Br2NS/c1-10-7-12(17)15(13(18)8-10)19-9-11-5-6-14(20-11)16(2,3)4/h5-8,19H,9H2,1-4H3. The van der Waals surface area contributed by atoms with Crippen molar-refractivity contribution < 1.29 is 0 Å². The monoisotopic (exact) mass is 415 g/mol. The van der Waals surface area contributed by atoms with Crippen molar-refractivity contribution in [3.63, 3.8) is 0 Å². The molecule has 0 bridgehead atoms. The molecule has 0 saturated heterocycles. The van der Waals surface area contributed by atoms with E-state index < -0.39 is 0 Å². The zero-order chi connectivity index (χ0) is 14.9. The van der Waals surface area contributed by atoms with Crippen molar-refractivity contribution in [1.29, 1.82) is 0 Å². The average molecular weight is 417 g/mol. The Labute approximate surface area is 142 Å². The first kappa shape index (κ1) is 16.1. The topological polar surface area (TPSA) is 12.0 Å². The molecule has 0 atom stereocenters. The molecule has 0 aliphatic heterocycles. The molecule has 1 aromatic heterocycles. The molecule has 4 heteroatoms. The summed E-state index contributed by atoms with van der Waals surface area (Å²) in [4.78, 5) is 2.78. The maximum absolute atomic E-state index is 3.62. The van der Waals surface area contributed by atoms with Gasteiger partial charge in [-0.2, -0.15) is 0 Å². The van der Waals surface area contributed by atoms with E-state index in [1.54, 1.807) is 0 Å². The van der Waals surface area contributed by atoms with Crippen LogP contribution < -0.4 is 5.32 Å². The Morgan fingerprint density at radius 1 is 1.10 bits per heavy atom.